The highest BCUT2D eigenvalue weighted by molar-refractivity contribution is 5.88. The molecule has 0 spiro atoms. The molecule has 2 aliphatic carbocycles. The number of carbonyl (C=O) groups is 1. The molecule has 5 aliphatic rings. The van der Waals surface area contributed by atoms with Gasteiger partial charge in [-0.15, -0.1) is 0 Å². The van der Waals surface area contributed by atoms with Crippen LogP contribution in [0.1, 0.15) is 71.1 Å². The first-order valence-corrected chi connectivity index (χ1v) is 11.7. The summed E-state index contributed by atoms with van der Waals surface area (Å²) in [6, 6.07) is 3.21. The lowest BCUT2D eigenvalue weighted by Crippen LogP contribution is -2.62. The molecule has 3 aliphatic heterocycles. The maximum Gasteiger partial charge on any atom is 0.253 e. The van der Waals surface area contributed by atoms with Crippen molar-refractivity contribution in [2.75, 3.05) is 6.54 Å². The minimum absolute atomic E-state index is 0.0130. The third kappa shape index (κ3) is 2.79. The Morgan fingerprint density at radius 3 is 2.69 bits per heavy atom. The number of nitrogens with one attached hydrogen (secondary N) is 3. The van der Waals surface area contributed by atoms with E-state index in [0.29, 0.717) is 24.8 Å². The van der Waals surface area contributed by atoms with E-state index in [0.717, 1.165) is 25.8 Å². The summed E-state index contributed by atoms with van der Waals surface area (Å²) in [5, 5.41) is 29.8. The Balaban J connectivity index is 1.47. The molecule has 160 valence electrons. The summed E-state index contributed by atoms with van der Waals surface area (Å²) in [5.74, 6) is 0.465. The van der Waals surface area contributed by atoms with Gasteiger partial charge in [0, 0.05) is 23.5 Å². The Morgan fingerprint density at radius 1 is 1.21 bits per heavy atom. The van der Waals surface area contributed by atoms with Crippen LogP contribution in [-0.4, -0.2) is 52.0 Å². The number of fused-ring (bicyclic) bond motifs is 2. The van der Waals surface area contributed by atoms with Crippen molar-refractivity contribution >= 4 is 5.91 Å². The summed E-state index contributed by atoms with van der Waals surface area (Å²) >= 11 is 0. The van der Waals surface area contributed by atoms with Gasteiger partial charge in [0.25, 0.3) is 5.91 Å². The Bertz CT molecular complexity index is 704. The second kappa shape index (κ2) is 7.19. The van der Waals surface area contributed by atoms with E-state index in [1.54, 1.807) is 0 Å². The fourth-order valence-corrected chi connectivity index (χ4v) is 7.32. The van der Waals surface area contributed by atoms with Gasteiger partial charge >= 0.3 is 0 Å². The lowest BCUT2D eigenvalue weighted by Gasteiger charge is -2.50. The zero-order valence-corrected chi connectivity index (χ0v) is 17.5. The van der Waals surface area contributed by atoms with Crippen molar-refractivity contribution in [2.24, 2.45) is 17.8 Å². The van der Waals surface area contributed by atoms with Crippen molar-refractivity contribution in [1.29, 1.82) is 5.26 Å². The van der Waals surface area contributed by atoms with E-state index in [9.17, 15) is 15.2 Å². The van der Waals surface area contributed by atoms with Gasteiger partial charge in [-0.25, -0.2) is 5.01 Å². The van der Waals surface area contributed by atoms with Gasteiger partial charge in [0.1, 0.15) is 5.60 Å². The molecule has 1 amide bonds. The summed E-state index contributed by atoms with van der Waals surface area (Å²) in [6.45, 7) is 2.78. The van der Waals surface area contributed by atoms with Crippen molar-refractivity contribution in [3.63, 3.8) is 0 Å². The number of hydrogen-bond acceptors (Lipinski definition) is 6. The zero-order chi connectivity index (χ0) is 20.2. The molecule has 3 heterocycles. The molecule has 6 unspecified atom stereocenters. The van der Waals surface area contributed by atoms with Crippen LogP contribution in [0.15, 0.2) is 0 Å². The van der Waals surface area contributed by atoms with Gasteiger partial charge in [0.15, 0.2) is 0 Å². The van der Waals surface area contributed by atoms with Gasteiger partial charge < -0.3 is 10.4 Å². The molecule has 7 heteroatoms. The van der Waals surface area contributed by atoms with Crippen LogP contribution < -0.4 is 16.1 Å². The zero-order valence-electron chi connectivity index (χ0n) is 17.5. The van der Waals surface area contributed by atoms with Gasteiger partial charge in [-0.05, 0) is 63.3 Å². The smallest absolute Gasteiger partial charge is 0.253 e. The highest BCUT2D eigenvalue weighted by atomic mass is 16.3. The first-order chi connectivity index (χ1) is 14.0. The quantitative estimate of drug-likeness (QED) is 0.568. The van der Waals surface area contributed by atoms with Crippen LogP contribution >= 0.6 is 0 Å². The van der Waals surface area contributed by atoms with E-state index in [1.165, 1.54) is 32.1 Å². The van der Waals surface area contributed by atoms with Gasteiger partial charge in [0.2, 0.25) is 0 Å². The van der Waals surface area contributed by atoms with E-state index in [-0.39, 0.29) is 35.5 Å². The Morgan fingerprint density at radius 2 is 2.00 bits per heavy atom. The minimum atomic E-state index is -1.29. The molecule has 5 rings (SSSR count). The van der Waals surface area contributed by atoms with Crippen LogP contribution in [0, 0.1) is 29.1 Å². The minimum Gasteiger partial charge on any atom is -0.380 e. The number of carbonyl (C=O) groups excluding carboxylic acids is 1. The maximum atomic E-state index is 12.6. The molecule has 7 nitrogen and oxygen atoms in total. The fraction of sp³-hybridized carbons (Fsp3) is 0.909. The van der Waals surface area contributed by atoms with Crippen molar-refractivity contribution < 1.29 is 9.90 Å². The number of nitriles is 1. The molecule has 3 saturated heterocycles. The summed E-state index contributed by atoms with van der Waals surface area (Å²) in [7, 11) is 0. The van der Waals surface area contributed by atoms with Crippen LogP contribution in [0.4, 0.5) is 0 Å². The molecular weight excluding hydrogens is 366 g/mol. The predicted molar refractivity (Wildman–Crippen MR) is 108 cm³/mol. The third-order valence-electron chi connectivity index (χ3n) is 8.96. The Kier molecular flexibility index (Phi) is 4.90. The SMILES string of the molecule is CC[C@]1(O)C(=O)NC2NCCC(C3NN(C4(CC#N)CCC4)C4CCCCC34)C21. The van der Waals surface area contributed by atoms with Crippen molar-refractivity contribution in [3.8, 4) is 6.07 Å². The fourth-order valence-electron chi connectivity index (χ4n) is 7.32. The number of hydrogen-bond donors (Lipinski definition) is 4. The highest BCUT2D eigenvalue weighted by Crippen LogP contribution is 2.51. The standard InChI is InChI=1S/C22H35N5O2/c1-2-22(29)17-15(8-13-24-19(17)25-20(22)28)18-14-6-3-4-7-16(14)27(26-18)21(11-12-23)9-5-10-21/h14-19,24,26,29H,2-11,13H2,1H3,(H,25,28)/t14?,15?,16?,17?,18?,19?,22-/m1/s1. The number of piperidine rings is 1. The van der Waals surface area contributed by atoms with Gasteiger partial charge in [-0.3, -0.25) is 15.5 Å². The predicted octanol–water partition coefficient (Wildman–Crippen LogP) is 1.39. The molecule has 0 aromatic carbocycles. The molecular formula is C22H35N5O2. The number of aliphatic hydroxyl groups is 1. The summed E-state index contributed by atoms with van der Waals surface area (Å²) in [6.07, 6.45) is 10.2. The lowest BCUT2D eigenvalue weighted by atomic mass is 9.66. The van der Waals surface area contributed by atoms with Crippen LogP contribution in [-0.2, 0) is 4.79 Å². The maximum absolute atomic E-state index is 12.6. The average molecular weight is 402 g/mol. The number of rotatable bonds is 4. The summed E-state index contributed by atoms with van der Waals surface area (Å²) in [4.78, 5) is 12.6. The molecule has 0 radical (unpaired) electrons. The molecule has 2 saturated carbocycles. The monoisotopic (exact) mass is 401 g/mol. The first kappa shape index (κ1) is 19.7. The topological polar surface area (TPSA) is 100 Å². The molecule has 4 N–H and O–H groups in total. The summed E-state index contributed by atoms with van der Waals surface area (Å²) in [5.41, 5.74) is 2.62. The number of nitrogens with zero attached hydrogens (tertiary/aromatic N) is 2. The highest BCUT2D eigenvalue weighted by Gasteiger charge is 2.62. The van der Waals surface area contributed by atoms with Crippen molar-refractivity contribution in [2.45, 2.75) is 101 Å². The van der Waals surface area contributed by atoms with Crippen LogP contribution in [0.2, 0.25) is 0 Å². The lowest BCUT2D eigenvalue weighted by molar-refractivity contribution is -0.141. The Hall–Kier alpha value is -1.20. The molecule has 5 fully saturated rings. The van der Waals surface area contributed by atoms with Crippen LogP contribution in [0.3, 0.4) is 0 Å². The van der Waals surface area contributed by atoms with E-state index < -0.39 is 5.60 Å². The normalized spacial score (nSPS) is 46.3. The van der Waals surface area contributed by atoms with Crippen molar-refractivity contribution in [1.82, 2.24) is 21.1 Å². The van der Waals surface area contributed by atoms with Gasteiger partial charge in [-0.1, -0.05) is 19.8 Å². The van der Waals surface area contributed by atoms with Crippen LogP contribution in [0.25, 0.3) is 0 Å². The van der Waals surface area contributed by atoms with E-state index in [1.807, 2.05) is 6.92 Å². The number of amides is 1. The molecule has 0 aromatic rings. The average Bonchev–Trinajstić information content (AvgIpc) is 3.21. The van der Waals surface area contributed by atoms with Gasteiger partial charge in [-0.2, -0.15) is 5.26 Å². The molecule has 0 bridgehead atoms. The van der Waals surface area contributed by atoms with Crippen LogP contribution in [0.5, 0.6) is 0 Å². The van der Waals surface area contributed by atoms with Crippen molar-refractivity contribution in [3.05, 3.63) is 0 Å². The van der Waals surface area contributed by atoms with E-state index >= 15 is 0 Å². The molecule has 7 atom stereocenters. The molecule has 0 aromatic heterocycles. The third-order valence-corrected chi connectivity index (χ3v) is 8.96. The second-order valence-electron chi connectivity index (χ2n) is 10.1. The Labute approximate surface area is 173 Å². The summed E-state index contributed by atoms with van der Waals surface area (Å²) < 4.78 is 0. The van der Waals surface area contributed by atoms with Gasteiger partial charge in [0.05, 0.1) is 18.7 Å². The number of hydrazine groups is 1. The van der Waals surface area contributed by atoms with E-state index in [2.05, 4.69) is 27.1 Å². The first-order valence-electron chi connectivity index (χ1n) is 11.7. The largest absolute Gasteiger partial charge is 0.380 e. The van der Waals surface area contributed by atoms with E-state index in [4.69, 9.17) is 0 Å². The second-order valence-corrected chi connectivity index (χ2v) is 10.1. The molecule has 29 heavy (non-hydrogen) atoms.